The van der Waals surface area contributed by atoms with Crippen LogP contribution in [-0.2, 0) is 0 Å². The van der Waals surface area contributed by atoms with Gasteiger partial charge in [0.05, 0.1) is 5.56 Å². The van der Waals surface area contributed by atoms with Gasteiger partial charge in [-0.25, -0.2) is 4.39 Å². The van der Waals surface area contributed by atoms with Gasteiger partial charge < -0.3 is 5.32 Å². The van der Waals surface area contributed by atoms with Crippen LogP contribution in [0.4, 0.5) is 4.39 Å². The minimum Gasteiger partial charge on any atom is -0.310 e. The molecule has 1 aromatic carbocycles. The zero-order valence-corrected chi connectivity index (χ0v) is 8.34. The van der Waals surface area contributed by atoms with Crippen LogP contribution < -0.4 is 5.32 Å². The van der Waals surface area contributed by atoms with Crippen molar-refractivity contribution in [3.05, 3.63) is 35.1 Å². The van der Waals surface area contributed by atoms with Crippen LogP contribution in [0.3, 0.4) is 0 Å². The van der Waals surface area contributed by atoms with Crippen LogP contribution in [0.25, 0.3) is 0 Å². The molecular formula is C11H13FN2. The molecule has 2 nitrogen and oxygen atoms in total. The first-order valence-electron chi connectivity index (χ1n) is 4.62. The van der Waals surface area contributed by atoms with Crippen molar-refractivity contribution < 1.29 is 4.39 Å². The van der Waals surface area contributed by atoms with Crippen LogP contribution in [0.5, 0.6) is 0 Å². The molecule has 0 aliphatic heterocycles. The molecule has 0 bridgehead atoms. The lowest BCUT2D eigenvalue weighted by Gasteiger charge is -2.12. The van der Waals surface area contributed by atoms with Crippen LogP contribution in [0, 0.1) is 17.1 Å². The van der Waals surface area contributed by atoms with Crippen molar-refractivity contribution in [2.45, 2.75) is 19.9 Å². The van der Waals surface area contributed by atoms with E-state index in [9.17, 15) is 4.39 Å². The summed E-state index contributed by atoms with van der Waals surface area (Å²) in [6.45, 7) is 4.84. The number of nitrogens with zero attached hydrogens (tertiary/aromatic N) is 1. The molecule has 1 unspecified atom stereocenters. The quantitative estimate of drug-likeness (QED) is 0.798. The predicted octanol–water partition coefficient (Wildman–Crippen LogP) is 2.37. The molecule has 3 heteroatoms. The Bertz CT molecular complexity index is 355. The summed E-state index contributed by atoms with van der Waals surface area (Å²) in [5.41, 5.74) is 1.04. The summed E-state index contributed by atoms with van der Waals surface area (Å²) < 4.78 is 13.0. The Morgan fingerprint density at radius 3 is 2.86 bits per heavy atom. The highest BCUT2D eigenvalue weighted by Crippen LogP contribution is 2.16. The maximum absolute atomic E-state index is 13.0. The first kappa shape index (κ1) is 10.7. The third-order valence-electron chi connectivity index (χ3n) is 2.12. The van der Waals surface area contributed by atoms with Gasteiger partial charge in [-0.3, -0.25) is 0 Å². The van der Waals surface area contributed by atoms with Gasteiger partial charge in [-0.05, 0) is 31.2 Å². The summed E-state index contributed by atoms with van der Waals surface area (Å²) in [5, 5.41) is 11.8. The van der Waals surface area contributed by atoms with Crippen molar-refractivity contribution >= 4 is 0 Å². The van der Waals surface area contributed by atoms with Crippen LogP contribution in [-0.4, -0.2) is 6.54 Å². The first-order chi connectivity index (χ1) is 6.69. The summed E-state index contributed by atoms with van der Waals surface area (Å²) in [7, 11) is 0. The van der Waals surface area contributed by atoms with E-state index in [0.717, 1.165) is 12.1 Å². The van der Waals surface area contributed by atoms with E-state index < -0.39 is 5.82 Å². The molecule has 0 saturated carbocycles. The molecule has 1 aromatic rings. The molecule has 0 heterocycles. The molecule has 0 aromatic heterocycles. The Morgan fingerprint density at radius 1 is 1.57 bits per heavy atom. The van der Waals surface area contributed by atoms with E-state index in [1.165, 1.54) is 6.07 Å². The predicted molar refractivity (Wildman–Crippen MR) is 53.2 cm³/mol. The number of halogens is 1. The summed E-state index contributed by atoms with van der Waals surface area (Å²) in [6.07, 6.45) is 0. The molecular weight excluding hydrogens is 179 g/mol. The van der Waals surface area contributed by atoms with E-state index in [-0.39, 0.29) is 11.6 Å². The van der Waals surface area contributed by atoms with Crippen molar-refractivity contribution in [3.63, 3.8) is 0 Å². The maximum atomic E-state index is 13.0. The minimum atomic E-state index is -0.458. The number of nitrogens with one attached hydrogen (secondary N) is 1. The van der Waals surface area contributed by atoms with Crippen LogP contribution >= 0.6 is 0 Å². The molecule has 0 amide bonds. The Balaban J connectivity index is 2.95. The molecule has 1 atom stereocenters. The van der Waals surface area contributed by atoms with Gasteiger partial charge in [0, 0.05) is 6.04 Å². The zero-order valence-electron chi connectivity index (χ0n) is 8.34. The van der Waals surface area contributed by atoms with Gasteiger partial charge in [0.2, 0.25) is 0 Å². The van der Waals surface area contributed by atoms with Crippen LogP contribution in [0.2, 0.25) is 0 Å². The molecule has 0 radical (unpaired) electrons. The van der Waals surface area contributed by atoms with Crippen molar-refractivity contribution in [1.82, 2.24) is 5.32 Å². The fourth-order valence-corrected chi connectivity index (χ4v) is 1.32. The highest BCUT2D eigenvalue weighted by Gasteiger charge is 2.07. The largest absolute Gasteiger partial charge is 0.310 e. The third kappa shape index (κ3) is 2.30. The van der Waals surface area contributed by atoms with Gasteiger partial charge in [0.25, 0.3) is 0 Å². The number of hydrogen-bond acceptors (Lipinski definition) is 2. The third-order valence-corrected chi connectivity index (χ3v) is 2.12. The average Bonchev–Trinajstić information content (AvgIpc) is 2.19. The molecule has 14 heavy (non-hydrogen) atoms. The molecule has 0 fully saturated rings. The Morgan fingerprint density at radius 2 is 2.29 bits per heavy atom. The molecule has 74 valence electrons. The van der Waals surface area contributed by atoms with E-state index in [0.29, 0.717) is 0 Å². The van der Waals surface area contributed by atoms with E-state index >= 15 is 0 Å². The van der Waals surface area contributed by atoms with Crippen molar-refractivity contribution in [1.29, 1.82) is 5.26 Å². The average molecular weight is 192 g/mol. The van der Waals surface area contributed by atoms with Crippen molar-refractivity contribution in [3.8, 4) is 6.07 Å². The normalized spacial score (nSPS) is 12.1. The Kier molecular flexibility index (Phi) is 3.61. The summed E-state index contributed by atoms with van der Waals surface area (Å²) in [5.74, 6) is -0.458. The molecule has 1 rings (SSSR count). The summed E-state index contributed by atoms with van der Waals surface area (Å²) in [6, 6.07) is 6.59. The van der Waals surface area contributed by atoms with Crippen molar-refractivity contribution in [2.24, 2.45) is 0 Å². The highest BCUT2D eigenvalue weighted by atomic mass is 19.1. The number of hydrogen-bond donors (Lipinski definition) is 1. The second kappa shape index (κ2) is 4.73. The molecule has 0 aliphatic carbocycles. The second-order valence-electron chi connectivity index (χ2n) is 3.13. The molecule has 0 saturated heterocycles. The monoisotopic (exact) mass is 192 g/mol. The van der Waals surface area contributed by atoms with Crippen LogP contribution in [0.15, 0.2) is 18.2 Å². The van der Waals surface area contributed by atoms with Gasteiger partial charge in [-0.1, -0.05) is 13.0 Å². The SMILES string of the molecule is CCNC(C)c1ccc(F)c(C#N)c1. The van der Waals surface area contributed by atoms with Gasteiger partial charge in [0.15, 0.2) is 0 Å². The molecule has 1 N–H and O–H groups in total. The van der Waals surface area contributed by atoms with Gasteiger partial charge in [-0.2, -0.15) is 5.26 Å². The number of nitriles is 1. The fourth-order valence-electron chi connectivity index (χ4n) is 1.32. The number of rotatable bonds is 3. The lowest BCUT2D eigenvalue weighted by Crippen LogP contribution is -2.17. The first-order valence-corrected chi connectivity index (χ1v) is 4.62. The van der Waals surface area contributed by atoms with E-state index in [2.05, 4.69) is 5.32 Å². The van der Waals surface area contributed by atoms with E-state index in [1.807, 2.05) is 19.9 Å². The van der Waals surface area contributed by atoms with E-state index in [1.54, 1.807) is 12.1 Å². The molecule has 0 aliphatic rings. The van der Waals surface area contributed by atoms with Gasteiger partial charge in [0.1, 0.15) is 11.9 Å². The summed E-state index contributed by atoms with van der Waals surface area (Å²) >= 11 is 0. The molecule has 0 spiro atoms. The van der Waals surface area contributed by atoms with Gasteiger partial charge >= 0.3 is 0 Å². The van der Waals surface area contributed by atoms with Gasteiger partial charge in [-0.15, -0.1) is 0 Å². The van der Waals surface area contributed by atoms with Crippen molar-refractivity contribution in [2.75, 3.05) is 6.54 Å². The Labute approximate surface area is 83.4 Å². The lowest BCUT2D eigenvalue weighted by atomic mass is 10.1. The minimum absolute atomic E-state index is 0.104. The van der Waals surface area contributed by atoms with Crippen LogP contribution in [0.1, 0.15) is 31.0 Å². The zero-order chi connectivity index (χ0) is 10.6. The fraction of sp³-hybridized carbons (Fsp3) is 0.364. The maximum Gasteiger partial charge on any atom is 0.140 e. The number of benzene rings is 1. The topological polar surface area (TPSA) is 35.8 Å². The standard InChI is InChI=1S/C11H13FN2/c1-3-14-8(2)9-4-5-11(12)10(6-9)7-13/h4-6,8,14H,3H2,1-2H3. The lowest BCUT2D eigenvalue weighted by molar-refractivity contribution is 0.590. The second-order valence-corrected chi connectivity index (χ2v) is 3.13. The smallest absolute Gasteiger partial charge is 0.140 e. The summed E-state index contributed by atoms with van der Waals surface area (Å²) in [4.78, 5) is 0. The Hall–Kier alpha value is -1.40. The highest BCUT2D eigenvalue weighted by molar-refractivity contribution is 5.35. The van der Waals surface area contributed by atoms with E-state index in [4.69, 9.17) is 5.26 Å².